The maximum atomic E-state index is 12.0. The van der Waals surface area contributed by atoms with Crippen LogP contribution in [0, 0.1) is 11.8 Å². The summed E-state index contributed by atoms with van der Waals surface area (Å²) in [4.78, 5) is 10.8. The maximum Gasteiger partial charge on any atom is 0.573 e. The van der Waals surface area contributed by atoms with Gasteiger partial charge in [-0.05, 0) is 18.2 Å². The van der Waals surface area contributed by atoms with Gasteiger partial charge in [0.25, 0.3) is 0 Å². The number of rotatable bonds is 2. The molecule has 0 aliphatic carbocycles. The van der Waals surface area contributed by atoms with Crippen molar-refractivity contribution in [1.29, 1.82) is 0 Å². The third-order valence-corrected chi connectivity index (χ3v) is 1.93. The summed E-state index contributed by atoms with van der Waals surface area (Å²) in [6.07, 6.45) is -4.91. The van der Waals surface area contributed by atoms with Gasteiger partial charge in [-0.3, -0.25) is 4.79 Å². The van der Waals surface area contributed by atoms with Crippen LogP contribution in [-0.4, -0.2) is 19.4 Å². The summed E-state index contributed by atoms with van der Waals surface area (Å²) in [6, 6.07) is 3.60. The highest BCUT2D eigenvalue weighted by atomic mass is 19.4. The Morgan fingerprint density at radius 1 is 1.42 bits per heavy atom. The molecule has 0 radical (unpaired) electrons. The van der Waals surface area contributed by atoms with Gasteiger partial charge < -0.3 is 15.2 Å². The molecule has 1 rings (SSSR count). The van der Waals surface area contributed by atoms with Gasteiger partial charge in [-0.25, -0.2) is 0 Å². The molecule has 0 saturated heterocycles. The molecule has 0 spiro atoms. The Labute approximate surface area is 107 Å². The lowest BCUT2D eigenvalue weighted by molar-refractivity contribution is -0.274. The number of halogens is 3. The third-order valence-electron chi connectivity index (χ3n) is 1.93. The molecular weight excluding hydrogens is 263 g/mol. The van der Waals surface area contributed by atoms with Crippen molar-refractivity contribution in [3.05, 3.63) is 23.8 Å². The Bertz CT molecular complexity index is 529. The summed E-state index contributed by atoms with van der Waals surface area (Å²) < 4.78 is 44.1. The Hall–Kier alpha value is -2.36. The van der Waals surface area contributed by atoms with Crippen molar-refractivity contribution >= 4 is 11.7 Å². The van der Waals surface area contributed by atoms with Gasteiger partial charge in [-0.2, -0.15) is 0 Å². The van der Waals surface area contributed by atoms with Crippen LogP contribution in [0.4, 0.5) is 18.9 Å². The fraction of sp³-hybridized carbons (Fsp3) is 0.250. The molecule has 0 unspecified atom stereocenters. The topological polar surface area (TPSA) is 61.5 Å². The van der Waals surface area contributed by atoms with Crippen LogP contribution >= 0.6 is 0 Å². The average molecular weight is 273 g/mol. The minimum absolute atomic E-state index is 0.114. The maximum absolute atomic E-state index is 12.0. The number of alkyl halides is 3. The van der Waals surface area contributed by atoms with E-state index >= 15 is 0 Å². The molecule has 0 aromatic heterocycles. The van der Waals surface area contributed by atoms with Crippen molar-refractivity contribution < 1.29 is 27.4 Å². The molecule has 0 amide bonds. The molecule has 0 aliphatic rings. The third kappa shape index (κ3) is 5.21. The minimum Gasteiger partial charge on any atom is -0.468 e. The highest BCUT2D eigenvalue weighted by Gasteiger charge is 2.31. The molecule has 4 nitrogen and oxygen atoms in total. The summed E-state index contributed by atoms with van der Waals surface area (Å²) in [5.41, 5.74) is 5.58. The number of anilines is 1. The first-order valence-electron chi connectivity index (χ1n) is 5.03. The van der Waals surface area contributed by atoms with E-state index in [0.29, 0.717) is 5.56 Å². The van der Waals surface area contributed by atoms with E-state index in [4.69, 9.17) is 5.73 Å². The molecule has 0 aliphatic heterocycles. The van der Waals surface area contributed by atoms with Gasteiger partial charge in [-0.1, -0.05) is 11.8 Å². The molecule has 102 valence electrons. The molecule has 19 heavy (non-hydrogen) atoms. The SMILES string of the molecule is COC(=O)CC#Cc1ccc(OC(F)(F)F)c(N)c1. The predicted molar refractivity (Wildman–Crippen MR) is 61.0 cm³/mol. The number of benzene rings is 1. The van der Waals surface area contributed by atoms with Gasteiger partial charge in [-0.15, -0.1) is 13.2 Å². The second-order valence-corrected chi connectivity index (χ2v) is 3.36. The van der Waals surface area contributed by atoms with Gasteiger partial charge in [0.1, 0.15) is 6.42 Å². The Kier molecular flexibility index (Phi) is 4.64. The molecule has 0 atom stereocenters. The van der Waals surface area contributed by atoms with Crippen molar-refractivity contribution in [2.75, 3.05) is 12.8 Å². The Balaban J connectivity index is 2.79. The summed E-state index contributed by atoms with van der Waals surface area (Å²) in [7, 11) is 1.23. The number of hydrogen-bond donors (Lipinski definition) is 1. The van der Waals surface area contributed by atoms with Gasteiger partial charge in [0, 0.05) is 5.56 Å². The highest BCUT2D eigenvalue weighted by Crippen LogP contribution is 2.28. The molecule has 1 aromatic carbocycles. The van der Waals surface area contributed by atoms with Crippen LogP contribution in [0.3, 0.4) is 0 Å². The lowest BCUT2D eigenvalue weighted by Crippen LogP contribution is -2.18. The molecule has 0 heterocycles. The first kappa shape index (κ1) is 14.7. The molecule has 1 aromatic rings. The fourth-order valence-corrected chi connectivity index (χ4v) is 1.13. The van der Waals surface area contributed by atoms with Crippen LogP contribution in [0.2, 0.25) is 0 Å². The number of ether oxygens (including phenoxy) is 2. The summed E-state index contributed by atoms with van der Waals surface area (Å²) >= 11 is 0. The van der Waals surface area contributed by atoms with Crippen molar-refractivity contribution in [1.82, 2.24) is 0 Å². The molecule has 2 N–H and O–H groups in total. The van der Waals surface area contributed by atoms with Crippen molar-refractivity contribution in [2.24, 2.45) is 0 Å². The number of methoxy groups -OCH3 is 1. The van der Waals surface area contributed by atoms with Crippen LogP contribution in [0.5, 0.6) is 5.75 Å². The van der Waals surface area contributed by atoms with Crippen LogP contribution in [0.1, 0.15) is 12.0 Å². The van der Waals surface area contributed by atoms with E-state index in [0.717, 1.165) is 6.07 Å². The first-order valence-corrected chi connectivity index (χ1v) is 5.03. The van der Waals surface area contributed by atoms with E-state index < -0.39 is 18.1 Å². The van der Waals surface area contributed by atoms with Crippen LogP contribution in [0.15, 0.2) is 18.2 Å². The normalized spacial score (nSPS) is 10.3. The molecular formula is C12H10F3NO3. The first-order chi connectivity index (χ1) is 8.81. The molecule has 0 saturated carbocycles. The molecule has 0 fully saturated rings. The number of hydrogen-bond acceptors (Lipinski definition) is 4. The van der Waals surface area contributed by atoms with Crippen LogP contribution < -0.4 is 10.5 Å². The predicted octanol–water partition coefficient (Wildman–Crippen LogP) is 2.08. The van der Waals surface area contributed by atoms with E-state index in [-0.39, 0.29) is 12.1 Å². The second kappa shape index (κ2) is 6.00. The average Bonchev–Trinajstić information content (AvgIpc) is 2.31. The van der Waals surface area contributed by atoms with Gasteiger partial charge in [0.05, 0.1) is 12.8 Å². The highest BCUT2D eigenvalue weighted by molar-refractivity contribution is 5.72. The van der Waals surface area contributed by atoms with Gasteiger partial charge >= 0.3 is 12.3 Å². The lowest BCUT2D eigenvalue weighted by atomic mass is 10.2. The van der Waals surface area contributed by atoms with E-state index in [1.807, 2.05) is 0 Å². The number of carbonyl (C=O) groups excluding carboxylic acids is 1. The Morgan fingerprint density at radius 2 is 2.11 bits per heavy atom. The quantitative estimate of drug-likeness (QED) is 0.509. The zero-order valence-corrected chi connectivity index (χ0v) is 9.88. The molecule has 7 heteroatoms. The van der Waals surface area contributed by atoms with Crippen molar-refractivity contribution in [3.63, 3.8) is 0 Å². The summed E-state index contributed by atoms with van der Waals surface area (Å²) in [5, 5.41) is 0. The number of esters is 1. The standard InChI is InChI=1S/C12H10F3NO3/c1-18-11(17)4-2-3-8-5-6-10(9(16)7-8)19-12(13,14)15/h5-7H,4,16H2,1H3. The lowest BCUT2D eigenvalue weighted by Gasteiger charge is -2.10. The van der Waals surface area contributed by atoms with E-state index in [9.17, 15) is 18.0 Å². The van der Waals surface area contributed by atoms with E-state index in [1.54, 1.807) is 0 Å². The number of nitrogens with two attached hydrogens (primary N) is 1. The summed E-state index contributed by atoms with van der Waals surface area (Å²) in [6.45, 7) is 0. The summed E-state index contributed by atoms with van der Waals surface area (Å²) in [5.74, 6) is 4.08. The van der Waals surface area contributed by atoms with Crippen molar-refractivity contribution in [2.45, 2.75) is 12.8 Å². The van der Waals surface area contributed by atoms with Gasteiger partial charge in [0.15, 0.2) is 5.75 Å². The Morgan fingerprint density at radius 3 is 2.63 bits per heavy atom. The monoisotopic (exact) mass is 273 g/mol. The van der Waals surface area contributed by atoms with Crippen LogP contribution in [0.25, 0.3) is 0 Å². The molecule has 0 bridgehead atoms. The van der Waals surface area contributed by atoms with E-state index in [2.05, 4.69) is 21.3 Å². The zero-order chi connectivity index (χ0) is 14.5. The number of carbonyl (C=O) groups is 1. The zero-order valence-electron chi connectivity index (χ0n) is 9.88. The second-order valence-electron chi connectivity index (χ2n) is 3.36. The fourth-order valence-electron chi connectivity index (χ4n) is 1.13. The van der Waals surface area contributed by atoms with E-state index in [1.165, 1.54) is 19.2 Å². The van der Waals surface area contributed by atoms with Crippen LogP contribution in [-0.2, 0) is 9.53 Å². The largest absolute Gasteiger partial charge is 0.573 e. The van der Waals surface area contributed by atoms with Gasteiger partial charge in [0.2, 0.25) is 0 Å². The van der Waals surface area contributed by atoms with Crippen molar-refractivity contribution in [3.8, 4) is 17.6 Å². The minimum atomic E-state index is -4.80. The number of nitrogen functional groups attached to an aromatic ring is 1. The smallest absolute Gasteiger partial charge is 0.468 e.